The molecular weight excluding hydrogens is 492 g/mol. The summed E-state index contributed by atoms with van der Waals surface area (Å²) in [6.45, 7) is 0.544. The first-order chi connectivity index (χ1) is 18.3. The second-order valence-electron chi connectivity index (χ2n) is 9.26. The highest BCUT2D eigenvalue weighted by Crippen LogP contribution is 2.31. The van der Waals surface area contributed by atoms with Crippen LogP contribution in [0.4, 0.5) is 0 Å². The molecule has 1 aromatic carbocycles. The summed E-state index contributed by atoms with van der Waals surface area (Å²) in [5, 5.41) is 11.4. The number of pyridine rings is 1. The molecule has 1 aliphatic heterocycles. The maximum atomic E-state index is 13.3. The SMILES string of the molecule is CN[C@](CC(=O)NC=O)(Cc1cc2cc(-c3cc(=O)[nH][nH]3)cnc2o1)CN1Cc2ccc(OC)cc2C1=O. The Balaban J connectivity index is 1.44. The molecule has 5 rings (SSSR count). The van der Waals surface area contributed by atoms with Crippen molar-refractivity contribution < 1.29 is 23.5 Å². The number of nitrogens with one attached hydrogen (secondary N) is 4. The quantitative estimate of drug-likeness (QED) is 0.229. The number of benzene rings is 1. The van der Waals surface area contributed by atoms with E-state index in [1.54, 1.807) is 37.4 Å². The Bertz CT molecular complexity index is 1590. The third-order valence-electron chi connectivity index (χ3n) is 6.78. The molecule has 4 N–H and O–H groups in total. The smallest absolute Gasteiger partial charge is 0.264 e. The molecule has 1 atom stereocenters. The van der Waals surface area contributed by atoms with Crippen LogP contribution in [0.5, 0.6) is 5.75 Å². The van der Waals surface area contributed by atoms with Crippen LogP contribution in [0, 0.1) is 0 Å². The highest BCUT2D eigenvalue weighted by atomic mass is 16.5. The topological polar surface area (TPSA) is 162 Å². The van der Waals surface area contributed by atoms with Gasteiger partial charge in [0.25, 0.3) is 11.5 Å². The highest BCUT2D eigenvalue weighted by Gasteiger charge is 2.39. The van der Waals surface area contributed by atoms with E-state index in [1.165, 1.54) is 6.07 Å². The van der Waals surface area contributed by atoms with E-state index in [0.717, 1.165) is 5.56 Å². The Morgan fingerprint density at radius 3 is 2.79 bits per heavy atom. The number of aromatic amines is 2. The number of hydrogen-bond acceptors (Lipinski definition) is 8. The van der Waals surface area contributed by atoms with Gasteiger partial charge >= 0.3 is 0 Å². The van der Waals surface area contributed by atoms with Crippen molar-refractivity contribution >= 4 is 29.3 Å². The lowest BCUT2D eigenvalue weighted by atomic mass is 9.88. The standard InChI is InChI=1S/C26H26N6O6/c1-27-26(10-23(35)29-14-33,13-32-12-15-3-4-18(37-2)7-20(15)25(32)36)9-19-6-16-5-17(11-28-24(16)38-19)21-8-22(34)31-30-21/h3-8,11,14,27H,9-10,12-13H2,1-2H3,(H,29,33,35)(H2,30,31,34)/t26-/m0/s1. The number of amides is 3. The van der Waals surface area contributed by atoms with Crippen LogP contribution < -0.4 is 20.9 Å². The number of imide groups is 1. The van der Waals surface area contributed by atoms with Crippen LogP contribution in [0.15, 0.2) is 51.8 Å². The predicted octanol–water partition coefficient (Wildman–Crippen LogP) is 1.34. The van der Waals surface area contributed by atoms with Crippen LogP contribution in [0.2, 0.25) is 0 Å². The number of carbonyl (C=O) groups is 3. The maximum Gasteiger partial charge on any atom is 0.264 e. The summed E-state index contributed by atoms with van der Waals surface area (Å²) in [5.41, 5.74) is 1.88. The minimum Gasteiger partial charge on any atom is -0.497 e. The molecule has 4 heterocycles. The fraction of sp³-hybridized carbons (Fsp3) is 0.269. The van der Waals surface area contributed by atoms with Crippen molar-refractivity contribution in [1.29, 1.82) is 0 Å². The van der Waals surface area contributed by atoms with E-state index in [9.17, 15) is 19.2 Å². The zero-order chi connectivity index (χ0) is 26.9. The van der Waals surface area contributed by atoms with Crippen molar-refractivity contribution in [1.82, 2.24) is 30.7 Å². The van der Waals surface area contributed by atoms with Gasteiger partial charge in [-0.15, -0.1) is 0 Å². The monoisotopic (exact) mass is 518 g/mol. The average molecular weight is 519 g/mol. The molecule has 0 radical (unpaired) electrons. The molecule has 12 heteroatoms. The normalized spacial score (nSPS) is 14.4. The van der Waals surface area contributed by atoms with Gasteiger partial charge in [0.1, 0.15) is 11.5 Å². The van der Waals surface area contributed by atoms with E-state index in [0.29, 0.717) is 52.4 Å². The van der Waals surface area contributed by atoms with Crippen LogP contribution in [0.25, 0.3) is 22.4 Å². The number of ether oxygens (including phenoxy) is 1. The number of fused-ring (bicyclic) bond motifs is 2. The Labute approximate surface area is 216 Å². The zero-order valence-corrected chi connectivity index (χ0v) is 20.8. The van der Waals surface area contributed by atoms with E-state index in [2.05, 4.69) is 25.8 Å². The predicted molar refractivity (Wildman–Crippen MR) is 136 cm³/mol. The fourth-order valence-corrected chi connectivity index (χ4v) is 4.86. The van der Waals surface area contributed by atoms with Crippen molar-refractivity contribution in [3.05, 3.63) is 69.8 Å². The van der Waals surface area contributed by atoms with Gasteiger partial charge in [0.2, 0.25) is 18.0 Å². The average Bonchev–Trinajstić information content (AvgIpc) is 3.60. The van der Waals surface area contributed by atoms with Gasteiger partial charge in [-0.1, -0.05) is 6.07 Å². The van der Waals surface area contributed by atoms with E-state index >= 15 is 0 Å². The largest absolute Gasteiger partial charge is 0.497 e. The minimum absolute atomic E-state index is 0.0913. The third-order valence-corrected chi connectivity index (χ3v) is 6.78. The second-order valence-corrected chi connectivity index (χ2v) is 9.26. The van der Waals surface area contributed by atoms with Gasteiger partial charge in [-0.25, -0.2) is 4.98 Å². The molecule has 3 amide bonds. The molecule has 38 heavy (non-hydrogen) atoms. The molecular formula is C26H26N6O6. The summed E-state index contributed by atoms with van der Waals surface area (Å²) in [6, 6.07) is 10.4. The fourth-order valence-electron chi connectivity index (χ4n) is 4.86. The third kappa shape index (κ3) is 4.81. The molecule has 0 fully saturated rings. The lowest BCUT2D eigenvalue weighted by molar-refractivity contribution is -0.126. The number of aromatic nitrogens is 3. The summed E-state index contributed by atoms with van der Waals surface area (Å²) in [6.07, 6.45) is 2.06. The molecule has 1 aliphatic rings. The highest BCUT2D eigenvalue weighted by molar-refractivity contribution is 5.99. The van der Waals surface area contributed by atoms with Crippen LogP contribution in [0.1, 0.15) is 28.1 Å². The number of H-pyrrole nitrogens is 2. The summed E-state index contributed by atoms with van der Waals surface area (Å²) in [7, 11) is 3.24. The molecule has 4 aromatic rings. The maximum absolute atomic E-state index is 13.3. The van der Waals surface area contributed by atoms with Crippen molar-refractivity contribution in [2.45, 2.75) is 24.9 Å². The molecule has 0 unspecified atom stereocenters. The van der Waals surface area contributed by atoms with Gasteiger partial charge in [-0.3, -0.25) is 34.7 Å². The van der Waals surface area contributed by atoms with Crippen molar-refractivity contribution in [2.24, 2.45) is 0 Å². The zero-order valence-electron chi connectivity index (χ0n) is 20.8. The van der Waals surface area contributed by atoms with Crippen LogP contribution in [-0.4, -0.2) is 64.5 Å². The van der Waals surface area contributed by atoms with Gasteiger partial charge in [0.15, 0.2) is 0 Å². The van der Waals surface area contributed by atoms with Crippen molar-refractivity contribution in [3.8, 4) is 17.0 Å². The van der Waals surface area contributed by atoms with Gasteiger partial charge in [0, 0.05) is 54.7 Å². The number of nitrogens with zero attached hydrogens (tertiary/aromatic N) is 2. The Kier molecular flexibility index (Phi) is 6.55. The number of likely N-dealkylation sites (N-methyl/N-ethyl adjacent to an activating group) is 1. The van der Waals surface area contributed by atoms with Crippen molar-refractivity contribution in [2.75, 3.05) is 20.7 Å². The molecule has 12 nitrogen and oxygen atoms in total. The first kappa shape index (κ1) is 25.0. The molecule has 196 valence electrons. The molecule has 0 spiro atoms. The van der Waals surface area contributed by atoms with Crippen molar-refractivity contribution in [3.63, 3.8) is 0 Å². The van der Waals surface area contributed by atoms with Gasteiger partial charge in [-0.05, 0) is 36.9 Å². The number of methoxy groups -OCH3 is 1. The first-order valence-corrected chi connectivity index (χ1v) is 11.9. The van der Waals surface area contributed by atoms with Crippen LogP contribution in [-0.2, 0) is 22.6 Å². The summed E-state index contributed by atoms with van der Waals surface area (Å²) >= 11 is 0. The number of rotatable bonds is 10. The van der Waals surface area contributed by atoms with Gasteiger partial charge < -0.3 is 19.4 Å². The minimum atomic E-state index is -0.961. The molecule has 0 bridgehead atoms. The summed E-state index contributed by atoms with van der Waals surface area (Å²) in [4.78, 5) is 54.3. The molecule has 0 aliphatic carbocycles. The van der Waals surface area contributed by atoms with E-state index < -0.39 is 11.4 Å². The first-order valence-electron chi connectivity index (χ1n) is 11.9. The van der Waals surface area contributed by atoms with Gasteiger partial charge in [-0.2, -0.15) is 0 Å². The van der Waals surface area contributed by atoms with E-state index in [4.69, 9.17) is 9.15 Å². The number of carbonyl (C=O) groups excluding carboxylic acids is 3. The Morgan fingerprint density at radius 2 is 2.08 bits per heavy atom. The molecule has 0 saturated heterocycles. The Hall–Kier alpha value is -4.71. The summed E-state index contributed by atoms with van der Waals surface area (Å²) < 4.78 is 11.3. The van der Waals surface area contributed by atoms with E-state index in [1.807, 2.05) is 18.2 Å². The number of hydrogen-bond donors (Lipinski definition) is 4. The van der Waals surface area contributed by atoms with E-state index in [-0.39, 0.29) is 30.9 Å². The number of furan rings is 1. The lowest BCUT2D eigenvalue weighted by Crippen LogP contribution is -2.56. The van der Waals surface area contributed by atoms with Crippen LogP contribution >= 0.6 is 0 Å². The molecule has 0 saturated carbocycles. The lowest BCUT2D eigenvalue weighted by Gasteiger charge is -2.36. The second kappa shape index (κ2) is 9.98. The summed E-state index contributed by atoms with van der Waals surface area (Å²) in [5.74, 6) is 0.451. The molecule has 3 aromatic heterocycles. The Morgan fingerprint density at radius 1 is 1.24 bits per heavy atom. The van der Waals surface area contributed by atoms with Crippen LogP contribution in [0.3, 0.4) is 0 Å². The van der Waals surface area contributed by atoms with Gasteiger partial charge in [0.05, 0.1) is 18.3 Å².